The average Bonchev–Trinajstić information content (AvgIpc) is 3.47. The molecule has 1 amide bonds. The Morgan fingerprint density at radius 3 is 2.50 bits per heavy atom. The maximum Gasteiger partial charge on any atom is 0.410 e. The molecule has 3 aromatic rings. The summed E-state index contributed by atoms with van der Waals surface area (Å²) in [6.45, 7) is 2.95. The zero-order chi connectivity index (χ0) is 23.9. The molecule has 1 fully saturated rings. The molecule has 2 aliphatic rings. The third-order valence-electron chi connectivity index (χ3n) is 6.29. The number of fused-ring (bicyclic) bond motifs is 1. The van der Waals surface area contributed by atoms with E-state index in [1.807, 2.05) is 30.3 Å². The monoisotopic (exact) mass is 493 g/mol. The van der Waals surface area contributed by atoms with Gasteiger partial charge in [0.05, 0.1) is 12.3 Å². The Morgan fingerprint density at radius 2 is 1.85 bits per heavy atom. The number of nitrogens with one attached hydrogen (secondary N) is 1. The van der Waals surface area contributed by atoms with Gasteiger partial charge in [-0.25, -0.2) is 4.68 Å². The van der Waals surface area contributed by atoms with E-state index in [0.717, 1.165) is 11.2 Å². The molecule has 0 saturated carbocycles. The first-order chi connectivity index (χ1) is 16.3. The zero-order valence-electron chi connectivity index (χ0n) is 18.1. The van der Waals surface area contributed by atoms with Gasteiger partial charge in [0.2, 0.25) is 0 Å². The van der Waals surface area contributed by atoms with Crippen molar-refractivity contribution in [1.82, 2.24) is 19.6 Å². The van der Waals surface area contributed by atoms with Crippen LogP contribution in [0.2, 0.25) is 5.02 Å². The van der Waals surface area contributed by atoms with E-state index in [1.54, 1.807) is 17.0 Å². The molecule has 180 valence electrons. The van der Waals surface area contributed by atoms with Crippen molar-refractivity contribution in [2.45, 2.75) is 31.2 Å². The molecule has 4 heterocycles. The smallest absolute Gasteiger partial charge is 0.410 e. The van der Waals surface area contributed by atoms with Crippen LogP contribution >= 0.6 is 11.6 Å². The number of hydrogen-bond acceptors (Lipinski definition) is 5. The average molecular weight is 494 g/mol. The predicted molar refractivity (Wildman–Crippen MR) is 120 cm³/mol. The van der Waals surface area contributed by atoms with E-state index in [1.165, 1.54) is 11.8 Å². The molecule has 7 nitrogen and oxygen atoms in total. The van der Waals surface area contributed by atoms with E-state index in [4.69, 9.17) is 16.0 Å². The minimum absolute atomic E-state index is 0.0253. The first-order valence-corrected chi connectivity index (χ1v) is 11.4. The van der Waals surface area contributed by atoms with Gasteiger partial charge in [0.1, 0.15) is 16.6 Å². The van der Waals surface area contributed by atoms with Crippen molar-refractivity contribution < 1.29 is 22.4 Å². The SMILES string of the molecule is O=C(c1nn2c(c1Cl)NC(c1ccco1)CC2C(F)(F)F)N1CCN(Cc2ccccc2)CC1. The summed E-state index contributed by atoms with van der Waals surface area (Å²) in [5, 5.41) is 6.91. The molecule has 0 spiro atoms. The van der Waals surface area contributed by atoms with Crippen molar-refractivity contribution >= 4 is 23.3 Å². The van der Waals surface area contributed by atoms with E-state index >= 15 is 0 Å². The van der Waals surface area contributed by atoms with E-state index in [-0.39, 0.29) is 23.0 Å². The van der Waals surface area contributed by atoms with Gasteiger partial charge >= 0.3 is 6.18 Å². The fourth-order valence-electron chi connectivity index (χ4n) is 4.50. The molecule has 11 heteroatoms. The van der Waals surface area contributed by atoms with Gasteiger partial charge in [-0.1, -0.05) is 41.9 Å². The van der Waals surface area contributed by atoms with Crippen LogP contribution in [0, 0.1) is 0 Å². The lowest BCUT2D eigenvalue weighted by Crippen LogP contribution is -2.48. The summed E-state index contributed by atoms with van der Waals surface area (Å²) >= 11 is 6.43. The molecule has 2 aromatic heterocycles. The fraction of sp³-hybridized carbons (Fsp3) is 0.391. The highest BCUT2D eigenvalue weighted by Crippen LogP contribution is 2.46. The number of aromatic nitrogens is 2. The van der Waals surface area contributed by atoms with Gasteiger partial charge in [0.25, 0.3) is 5.91 Å². The van der Waals surface area contributed by atoms with Gasteiger partial charge in [-0.3, -0.25) is 9.69 Å². The number of hydrogen-bond donors (Lipinski definition) is 1. The summed E-state index contributed by atoms with van der Waals surface area (Å²) in [5.74, 6) is -0.133. The van der Waals surface area contributed by atoms with Crippen molar-refractivity contribution in [2.24, 2.45) is 0 Å². The van der Waals surface area contributed by atoms with E-state index < -0.39 is 24.2 Å². The lowest BCUT2D eigenvalue weighted by molar-refractivity contribution is -0.174. The van der Waals surface area contributed by atoms with Gasteiger partial charge < -0.3 is 14.6 Å². The van der Waals surface area contributed by atoms with Gasteiger partial charge in [0.15, 0.2) is 11.7 Å². The zero-order valence-corrected chi connectivity index (χ0v) is 18.9. The van der Waals surface area contributed by atoms with Crippen molar-refractivity contribution in [3.63, 3.8) is 0 Å². The molecule has 2 aliphatic heterocycles. The van der Waals surface area contributed by atoms with Crippen LogP contribution in [0.15, 0.2) is 53.1 Å². The number of anilines is 1. The number of amides is 1. The van der Waals surface area contributed by atoms with Gasteiger partial charge in [0, 0.05) is 39.1 Å². The Morgan fingerprint density at radius 1 is 1.12 bits per heavy atom. The summed E-state index contributed by atoms with van der Waals surface area (Å²) in [6, 6.07) is 10.6. The Bertz CT molecular complexity index is 1140. The standard InChI is InChI=1S/C23H23ClF3N5O2/c24-19-20(22(33)31-10-8-30(9-11-31)14-15-5-2-1-3-6-15)29-32-18(23(25,26)27)13-16(28-21(19)32)17-7-4-12-34-17/h1-7,12,16,18,28H,8-11,13-14H2. The number of piperazine rings is 1. The highest BCUT2D eigenvalue weighted by atomic mass is 35.5. The summed E-state index contributed by atoms with van der Waals surface area (Å²) in [4.78, 5) is 17.0. The summed E-state index contributed by atoms with van der Waals surface area (Å²) < 4.78 is 47.8. The highest BCUT2D eigenvalue weighted by Gasteiger charge is 2.48. The van der Waals surface area contributed by atoms with E-state index in [2.05, 4.69) is 15.3 Å². The second-order valence-corrected chi connectivity index (χ2v) is 8.89. The maximum atomic E-state index is 13.9. The second-order valence-electron chi connectivity index (χ2n) is 8.52. The number of carbonyl (C=O) groups is 1. The molecule has 0 bridgehead atoms. The molecule has 0 aliphatic carbocycles. The molecule has 34 heavy (non-hydrogen) atoms. The van der Waals surface area contributed by atoms with Crippen LogP contribution in [0.4, 0.5) is 19.0 Å². The quantitative estimate of drug-likeness (QED) is 0.568. The fourth-order valence-corrected chi connectivity index (χ4v) is 4.76. The lowest BCUT2D eigenvalue weighted by atomic mass is 10.0. The molecule has 1 N–H and O–H groups in total. The molecule has 1 aromatic carbocycles. The molecule has 5 rings (SSSR count). The number of nitrogens with zero attached hydrogens (tertiary/aromatic N) is 4. The van der Waals surface area contributed by atoms with Gasteiger partial charge in [-0.2, -0.15) is 18.3 Å². The van der Waals surface area contributed by atoms with Crippen LogP contribution in [-0.2, 0) is 6.54 Å². The van der Waals surface area contributed by atoms with Crippen LogP contribution in [-0.4, -0.2) is 57.8 Å². The molecule has 0 radical (unpaired) electrons. The predicted octanol–water partition coefficient (Wildman–Crippen LogP) is 4.75. The van der Waals surface area contributed by atoms with Crippen LogP contribution < -0.4 is 5.32 Å². The third kappa shape index (κ3) is 4.39. The van der Waals surface area contributed by atoms with Crippen molar-refractivity contribution in [3.05, 3.63) is 70.8 Å². The number of carbonyl (C=O) groups excluding carboxylic acids is 1. The van der Waals surface area contributed by atoms with Gasteiger partial charge in [-0.15, -0.1) is 0 Å². The summed E-state index contributed by atoms with van der Waals surface area (Å²) in [7, 11) is 0. The number of rotatable bonds is 4. The topological polar surface area (TPSA) is 66.5 Å². The molecule has 2 atom stereocenters. The van der Waals surface area contributed by atoms with Crippen LogP contribution in [0.3, 0.4) is 0 Å². The Kier molecular flexibility index (Phi) is 6.03. The normalized spacial score (nSPS) is 21.2. The second kappa shape index (κ2) is 8.99. The number of alkyl halides is 3. The van der Waals surface area contributed by atoms with E-state index in [0.29, 0.717) is 31.9 Å². The first-order valence-electron chi connectivity index (χ1n) is 11.0. The minimum atomic E-state index is -4.57. The van der Waals surface area contributed by atoms with Crippen molar-refractivity contribution in [1.29, 1.82) is 0 Å². The number of benzene rings is 1. The molecular formula is C23H23ClF3N5O2. The minimum Gasteiger partial charge on any atom is -0.467 e. The van der Waals surface area contributed by atoms with Gasteiger partial charge in [-0.05, 0) is 17.7 Å². The van der Waals surface area contributed by atoms with Crippen LogP contribution in [0.25, 0.3) is 0 Å². The Labute approximate surface area is 199 Å². The first kappa shape index (κ1) is 22.8. The molecular weight excluding hydrogens is 471 g/mol. The number of halogens is 4. The molecule has 1 saturated heterocycles. The summed E-state index contributed by atoms with van der Waals surface area (Å²) in [6.07, 6.45) is -3.49. The Hall–Kier alpha value is -2.98. The number of furan rings is 1. The van der Waals surface area contributed by atoms with Crippen molar-refractivity contribution in [2.75, 3.05) is 31.5 Å². The van der Waals surface area contributed by atoms with Crippen LogP contribution in [0.1, 0.15) is 40.3 Å². The Balaban J connectivity index is 1.34. The highest BCUT2D eigenvalue weighted by molar-refractivity contribution is 6.36. The lowest BCUT2D eigenvalue weighted by Gasteiger charge is -2.34. The van der Waals surface area contributed by atoms with Crippen LogP contribution in [0.5, 0.6) is 0 Å². The molecule has 2 unspecified atom stereocenters. The third-order valence-corrected chi connectivity index (χ3v) is 6.65. The largest absolute Gasteiger partial charge is 0.467 e. The summed E-state index contributed by atoms with van der Waals surface area (Å²) in [5.41, 5.74) is 1.01. The van der Waals surface area contributed by atoms with Crippen molar-refractivity contribution in [3.8, 4) is 0 Å². The maximum absolute atomic E-state index is 13.9. The van der Waals surface area contributed by atoms with E-state index in [9.17, 15) is 18.0 Å².